The smallest absolute Gasteiger partial charge is 0.251 e. The van der Waals surface area contributed by atoms with Gasteiger partial charge in [0.25, 0.3) is 5.91 Å². The molecule has 224 valence electrons. The molecule has 1 aromatic carbocycles. The third-order valence-electron chi connectivity index (χ3n) is 8.75. The summed E-state index contributed by atoms with van der Waals surface area (Å²) in [6, 6.07) is 10.7. The van der Waals surface area contributed by atoms with Gasteiger partial charge in [-0.25, -0.2) is 14.4 Å². The topological polar surface area (TPSA) is 113 Å². The molecule has 1 aliphatic heterocycles. The van der Waals surface area contributed by atoms with E-state index in [1.165, 1.54) is 19.4 Å². The highest BCUT2D eigenvalue weighted by Gasteiger charge is 2.29. The van der Waals surface area contributed by atoms with Gasteiger partial charge in [-0.2, -0.15) is 0 Å². The van der Waals surface area contributed by atoms with E-state index in [-0.39, 0.29) is 22.8 Å². The van der Waals surface area contributed by atoms with Crippen LogP contribution in [-0.2, 0) is 16.6 Å². The van der Waals surface area contributed by atoms with Crippen LogP contribution in [0, 0.1) is 11.7 Å². The van der Waals surface area contributed by atoms with Crippen LogP contribution in [0.2, 0.25) is 0 Å². The zero-order valence-corrected chi connectivity index (χ0v) is 25.2. The number of carbonyl (C=O) groups is 2. The maximum absolute atomic E-state index is 15.0. The van der Waals surface area contributed by atoms with Gasteiger partial charge in [0.05, 0.1) is 16.8 Å². The summed E-state index contributed by atoms with van der Waals surface area (Å²) in [6.07, 6.45) is 8.57. The van der Waals surface area contributed by atoms with Gasteiger partial charge >= 0.3 is 0 Å². The molecule has 1 saturated heterocycles. The first-order chi connectivity index (χ1) is 20.7. The van der Waals surface area contributed by atoms with E-state index < -0.39 is 11.2 Å². The van der Waals surface area contributed by atoms with Crippen molar-refractivity contribution in [1.82, 2.24) is 30.2 Å². The van der Waals surface area contributed by atoms with E-state index in [4.69, 9.17) is 4.98 Å². The lowest BCUT2D eigenvalue weighted by Gasteiger charge is -2.31. The second-order valence-corrected chi connectivity index (χ2v) is 11.5. The van der Waals surface area contributed by atoms with Gasteiger partial charge in [-0.1, -0.05) is 19.9 Å². The Bertz CT molecular complexity index is 1620. The Morgan fingerprint density at radius 3 is 2.53 bits per heavy atom. The number of amides is 2. The molecule has 2 N–H and O–H groups in total. The first kappa shape index (κ1) is 30.0. The van der Waals surface area contributed by atoms with Crippen LogP contribution in [0.4, 0.5) is 10.2 Å². The molecule has 0 radical (unpaired) electrons. The molecule has 5 rings (SSSR count). The summed E-state index contributed by atoms with van der Waals surface area (Å²) >= 11 is 0. The van der Waals surface area contributed by atoms with Gasteiger partial charge in [0.15, 0.2) is 0 Å². The summed E-state index contributed by atoms with van der Waals surface area (Å²) in [7, 11) is 1.53. The largest absolute Gasteiger partial charge is 0.369 e. The zero-order chi connectivity index (χ0) is 30.6. The highest BCUT2D eigenvalue weighted by Crippen LogP contribution is 2.35. The summed E-state index contributed by atoms with van der Waals surface area (Å²) in [5, 5.41) is 6.26. The first-order valence-corrected chi connectivity index (χ1v) is 14.8. The molecule has 1 fully saturated rings. The van der Waals surface area contributed by atoms with Crippen LogP contribution < -0.4 is 10.6 Å². The predicted octanol–water partition coefficient (Wildman–Crippen LogP) is 5.17. The summed E-state index contributed by atoms with van der Waals surface area (Å²) in [4.78, 5) is 44.1. The van der Waals surface area contributed by atoms with Crippen LogP contribution in [-0.4, -0.2) is 63.3 Å². The van der Waals surface area contributed by atoms with Crippen molar-refractivity contribution < 1.29 is 14.0 Å². The Morgan fingerprint density at radius 2 is 1.86 bits per heavy atom. The number of benzene rings is 1. The Balaban J connectivity index is 1.30. The summed E-state index contributed by atoms with van der Waals surface area (Å²) in [5.41, 5.74) is 3.85. The molecule has 3 aromatic heterocycles. The molecule has 10 heteroatoms. The molecule has 4 heterocycles. The van der Waals surface area contributed by atoms with E-state index in [1.54, 1.807) is 25.3 Å². The van der Waals surface area contributed by atoms with Crippen molar-refractivity contribution >= 4 is 28.5 Å². The van der Waals surface area contributed by atoms with E-state index in [9.17, 15) is 14.0 Å². The monoisotopic (exact) mass is 583 g/mol. The highest BCUT2D eigenvalue weighted by molar-refractivity contribution is 6.06. The van der Waals surface area contributed by atoms with Gasteiger partial charge in [0.1, 0.15) is 18.0 Å². The number of nitrogens with one attached hydrogen (secondary N) is 2. The first-order valence-electron chi connectivity index (χ1n) is 14.8. The normalized spacial score (nSPS) is 15.2. The maximum Gasteiger partial charge on any atom is 0.251 e. The van der Waals surface area contributed by atoms with Crippen molar-refractivity contribution in [2.75, 3.05) is 32.0 Å². The summed E-state index contributed by atoms with van der Waals surface area (Å²) < 4.78 is 15.0. The fraction of sp³-hybridized carbons (Fsp3) is 0.394. The summed E-state index contributed by atoms with van der Waals surface area (Å²) in [6.45, 7) is 7.94. The van der Waals surface area contributed by atoms with Crippen LogP contribution in [0.5, 0.6) is 0 Å². The maximum atomic E-state index is 15.0. The van der Waals surface area contributed by atoms with Crippen molar-refractivity contribution in [2.45, 2.75) is 51.9 Å². The molecule has 1 aliphatic rings. The third-order valence-corrected chi connectivity index (χ3v) is 8.75. The van der Waals surface area contributed by atoms with E-state index in [2.05, 4.69) is 45.5 Å². The number of fused-ring (bicyclic) bond motifs is 1. The summed E-state index contributed by atoms with van der Waals surface area (Å²) in [5.74, 6) is 0.509. The standard InChI is InChI=1S/C33H38FN7O2/c1-5-33(3,26-8-9-27(34)30-25(32(43)35-4)10-13-36-31(26)30)19-38-29-17-28(39-20-40-29)23-6-7-24(37-18-23)16-22-11-14-41(15-12-22)21(2)42/h6-10,13,17-18,20,22H,5,11-12,14-16,19H2,1-4H3,(H,35,43)(H,38,39,40). The number of anilines is 1. The zero-order valence-electron chi connectivity index (χ0n) is 25.2. The number of likely N-dealkylation sites (tertiary alicyclic amines) is 1. The number of hydrogen-bond donors (Lipinski definition) is 2. The molecule has 43 heavy (non-hydrogen) atoms. The number of piperidine rings is 1. The number of rotatable bonds is 9. The minimum atomic E-state index is -0.477. The van der Waals surface area contributed by atoms with Crippen LogP contribution in [0.25, 0.3) is 22.2 Å². The Labute approximate surface area is 251 Å². The molecule has 0 aliphatic carbocycles. The van der Waals surface area contributed by atoms with E-state index in [1.807, 2.05) is 23.2 Å². The fourth-order valence-corrected chi connectivity index (χ4v) is 5.79. The molecule has 9 nitrogen and oxygen atoms in total. The van der Waals surface area contributed by atoms with Crippen LogP contribution in [0.15, 0.2) is 55.1 Å². The minimum absolute atomic E-state index is 0.149. The second kappa shape index (κ2) is 12.8. The van der Waals surface area contributed by atoms with E-state index >= 15 is 0 Å². The van der Waals surface area contributed by atoms with Crippen molar-refractivity contribution in [3.8, 4) is 11.3 Å². The second-order valence-electron chi connectivity index (χ2n) is 11.5. The van der Waals surface area contributed by atoms with Crippen molar-refractivity contribution in [3.63, 3.8) is 0 Å². The molecule has 1 atom stereocenters. The van der Waals surface area contributed by atoms with E-state index in [0.29, 0.717) is 23.8 Å². The van der Waals surface area contributed by atoms with Gasteiger partial charge in [-0.15, -0.1) is 0 Å². The van der Waals surface area contributed by atoms with Crippen LogP contribution in [0.3, 0.4) is 0 Å². The molecule has 4 aromatic rings. The van der Waals surface area contributed by atoms with Gasteiger partial charge < -0.3 is 15.5 Å². The molecule has 2 amide bonds. The van der Waals surface area contributed by atoms with Crippen LogP contribution >= 0.6 is 0 Å². The highest BCUT2D eigenvalue weighted by atomic mass is 19.1. The number of hydrogen-bond acceptors (Lipinski definition) is 7. The molecular weight excluding hydrogens is 545 g/mol. The lowest BCUT2D eigenvalue weighted by Crippen LogP contribution is -2.37. The van der Waals surface area contributed by atoms with E-state index in [0.717, 1.165) is 61.3 Å². The predicted molar refractivity (Wildman–Crippen MR) is 165 cm³/mol. The van der Waals surface area contributed by atoms with Crippen molar-refractivity contribution in [3.05, 3.63) is 77.8 Å². The number of halogens is 1. The minimum Gasteiger partial charge on any atom is -0.369 e. The lowest BCUT2D eigenvalue weighted by molar-refractivity contribution is -0.130. The fourth-order valence-electron chi connectivity index (χ4n) is 5.79. The Morgan fingerprint density at radius 1 is 1.07 bits per heavy atom. The van der Waals surface area contributed by atoms with Crippen molar-refractivity contribution in [1.29, 1.82) is 0 Å². The molecule has 1 unspecified atom stereocenters. The number of aromatic nitrogens is 4. The van der Waals surface area contributed by atoms with Gasteiger partial charge in [0.2, 0.25) is 5.91 Å². The SMILES string of the molecule is CCC(C)(CNc1cc(-c2ccc(CC3CCN(C(C)=O)CC3)nc2)ncn1)c1ccc(F)c2c(C(=O)NC)ccnc12. The Hall–Kier alpha value is -4.47. The third kappa shape index (κ3) is 6.48. The Kier molecular flexibility index (Phi) is 8.94. The quantitative estimate of drug-likeness (QED) is 0.280. The average Bonchev–Trinajstić information content (AvgIpc) is 3.04. The van der Waals surface area contributed by atoms with Gasteiger partial charge in [0, 0.05) is 74.1 Å². The average molecular weight is 584 g/mol. The number of pyridine rings is 2. The molecular formula is C33H38FN7O2. The molecule has 0 saturated carbocycles. The molecule has 0 spiro atoms. The van der Waals surface area contributed by atoms with Crippen molar-refractivity contribution in [2.24, 2.45) is 5.92 Å². The lowest BCUT2D eigenvalue weighted by atomic mass is 9.78. The molecule has 0 bridgehead atoms. The van der Waals surface area contributed by atoms with Crippen LogP contribution in [0.1, 0.15) is 61.6 Å². The number of nitrogens with zero attached hydrogens (tertiary/aromatic N) is 5. The van der Waals surface area contributed by atoms with Gasteiger partial charge in [-0.05, 0) is 61.4 Å². The van der Waals surface area contributed by atoms with Gasteiger partial charge in [-0.3, -0.25) is 19.6 Å². The number of carbonyl (C=O) groups excluding carboxylic acids is 2.